The van der Waals surface area contributed by atoms with Crippen LogP contribution in [0.4, 0.5) is 0 Å². The van der Waals surface area contributed by atoms with Crippen LogP contribution in [0.3, 0.4) is 0 Å². The Balaban J connectivity index is 2.10. The molecule has 0 aromatic heterocycles. The highest BCUT2D eigenvalue weighted by Gasteiger charge is 2.40. The summed E-state index contributed by atoms with van der Waals surface area (Å²) < 4.78 is 0. The van der Waals surface area contributed by atoms with Gasteiger partial charge in [0.25, 0.3) is 0 Å². The lowest BCUT2D eigenvalue weighted by atomic mass is 9.66. The van der Waals surface area contributed by atoms with Crippen LogP contribution in [0.25, 0.3) is 0 Å². The zero-order valence-electron chi connectivity index (χ0n) is 12.4. The third kappa shape index (κ3) is 3.47. The number of rotatable bonds is 3. The number of nitrogens with two attached hydrogens (primary N) is 1. The largest absolute Gasteiger partial charge is 0.329 e. The molecular formula is C17H29NO. The fourth-order valence-electron chi connectivity index (χ4n) is 3.58. The maximum absolute atomic E-state index is 12.9. The molecule has 0 aromatic rings. The summed E-state index contributed by atoms with van der Waals surface area (Å²) in [5.74, 6) is 1.16. The van der Waals surface area contributed by atoms with Crippen LogP contribution >= 0.6 is 0 Å². The molecule has 2 heteroatoms. The third-order valence-electron chi connectivity index (χ3n) is 5.19. The van der Waals surface area contributed by atoms with Gasteiger partial charge in [-0.25, -0.2) is 0 Å². The molecule has 2 aliphatic rings. The molecule has 0 radical (unpaired) electrons. The predicted molar refractivity (Wildman–Crippen MR) is 79.9 cm³/mol. The second kappa shape index (κ2) is 6.69. The zero-order valence-corrected chi connectivity index (χ0v) is 12.4. The minimum absolute atomic E-state index is 0.225. The van der Waals surface area contributed by atoms with Gasteiger partial charge in [0.1, 0.15) is 0 Å². The summed E-state index contributed by atoms with van der Waals surface area (Å²) in [6, 6.07) is 0. The molecule has 108 valence electrons. The Morgan fingerprint density at radius 3 is 2.63 bits per heavy atom. The molecule has 0 aliphatic heterocycles. The number of hydrogen-bond acceptors (Lipinski definition) is 2. The van der Waals surface area contributed by atoms with Crippen molar-refractivity contribution in [3.05, 3.63) is 11.6 Å². The van der Waals surface area contributed by atoms with Gasteiger partial charge in [0.2, 0.25) is 0 Å². The van der Waals surface area contributed by atoms with Crippen molar-refractivity contribution < 1.29 is 4.79 Å². The number of ketones is 1. The van der Waals surface area contributed by atoms with Crippen LogP contribution in [-0.2, 0) is 4.79 Å². The van der Waals surface area contributed by atoms with Crippen molar-refractivity contribution in [3.8, 4) is 0 Å². The molecule has 0 unspecified atom stereocenters. The maximum atomic E-state index is 12.9. The van der Waals surface area contributed by atoms with Gasteiger partial charge in [0.05, 0.1) is 0 Å². The van der Waals surface area contributed by atoms with E-state index in [-0.39, 0.29) is 5.41 Å². The molecule has 19 heavy (non-hydrogen) atoms. The van der Waals surface area contributed by atoms with E-state index in [4.69, 9.17) is 5.73 Å². The van der Waals surface area contributed by atoms with Gasteiger partial charge >= 0.3 is 0 Å². The first-order valence-corrected chi connectivity index (χ1v) is 8.12. The number of allylic oxidation sites excluding steroid dienone is 2. The lowest BCUT2D eigenvalue weighted by Crippen LogP contribution is -2.42. The molecule has 0 atom stereocenters. The molecule has 0 aromatic carbocycles. The SMILES string of the molecule is CC1CCC(CN)(C(=O)C2=CCCCCCC2)CC1. The van der Waals surface area contributed by atoms with Crippen LogP contribution < -0.4 is 5.73 Å². The van der Waals surface area contributed by atoms with E-state index >= 15 is 0 Å². The van der Waals surface area contributed by atoms with Crippen molar-refractivity contribution in [3.63, 3.8) is 0 Å². The van der Waals surface area contributed by atoms with Crippen LogP contribution in [0.5, 0.6) is 0 Å². The monoisotopic (exact) mass is 263 g/mol. The smallest absolute Gasteiger partial charge is 0.165 e. The second-order valence-corrected chi connectivity index (χ2v) is 6.68. The zero-order chi connectivity index (χ0) is 13.7. The summed E-state index contributed by atoms with van der Waals surface area (Å²) >= 11 is 0. The van der Waals surface area contributed by atoms with E-state index in [0.717, 1.165) is 50.0 Å². The van der Waals surface area contributed by atoms with Crippen molar-refractivity contribution in [1.29, 1.82) is 0 Å². The molecular weight excluding hydrogens is 234 g/mol. The lowest BCUT2D eigenvalue weighted by molar-refractivity contribution is -0.126. The lowest BCUT2D eigenvalue weighted by Gasteiger charge is -2.38. The minimum Gasteiger partial charge on any atom is -0.329 e. The van der Waals surface area contributed by atoms with Gasteiger partial charge in [-0.05, 0) is 62.9 Å². The van der Waals surface area contributed by atoms with Crippen LogP contribution in [0, 0.1) is 11.3 Å². The molecule has 1 fully saturated rings. The molecule has 2 nitrogen and oxygen atoms in total. The van der Waals surface area contributed by atoms with Gasteiger partial charge in [-0.1, -0.05) is 25.8 Å². The minimum atomic E-state index is -0.225. The number of hydrogen-bond donors (Lipinski definition) is 1. The molecule has 2 N–H and O–H groups in total. The van der Waals surface area contributed by atoms with Crippen LogP contribution in [0.15, 0.2) is 11.6 Å². The summed E-state index contributed by atoms with van der Waals surface area (Å²) in [7, 11) is 0. The second-order valence-electron chi connectivity index (χ2n) is 6.68. The Morgan fingerprint density at radius 2 is 1.95 bits per heavy atom. The summed E-state index contributed by atoms with van der Waals surface area (Å²) in [6.07, 6.45) is 13.6. The Morgan fingerprint density at radius 1 is 1.26 bits per heavy atom. The molecule has 0 saturated heterocycles. The Hall–Kier alpha value is -0.630. The van der Waals surface area contributed by atoms with Crippen molar-refractivity contribution >= 4 is 5.78 Å². The van der Waals surface area contributed by atoms with Gasteiger partial charge in [0, 0.05) is 12.0 Å². The summed E-state index contributed by atoms with van der Waals surface area (Å²) in [5, 5.41) is 0. The highest BCUT2D eigenvalue weighted by atomic mass is 16.1. The molecule has 2 aliphatic carbocycles. The van der Waals surface area contributed by atoms with E-state index in [2.05, 4.69) is 13.0 Å². The highest BCUT2D eigenvalue weighted by molar-refractivity contribution is 6.00. The Labute approximate surface area is 117 Å². The molecule has 1 saturated carbocycles. The first kappa shape index (κ1) is 14.8. The van der Waals surface area contributed by atoms with Gasteiger partial charge in [-0.2, -0.15) is 0 Å². The average Bonchev–Trinajstić information content (AvgIpc) is 2.39. The molecule has 0 amide bonds. The van der Waals surface area contributed by atoms with E-state index in [1.54, 1.807) is 0 Å². The van der Waals surface area contributed by atoms with E-state index in [9.17, 15) is 4.79 Å². The van der Waals surface area contributed by atoms with E-state index < -0.39 is 0 Å². The van der Waals surface area contributed by atoms with Crippen molar-refractivity contribution in [1.82, 2.24) is 0 Å². The fraction of sp³-hybridized carbons (Fsp3) is 0.824. The van der Waals surface area contributed by atoms with E-state index in [1.165, 1.54) is 25.7 Å². The molecule has 0 spiro atoms. The third-order valence-corrected chi connectivity index (χ3v) is 5.19. The normalized spacial score (nSPS) is 33.2. The first-order chi connectivity index (χ1) is 9.18. The van der Waals surface area contributed by atoms with Crippen LogP contribution in [0.2, 0.25) is 0 Å². The molecule has 0 heterocycles. The number of Topliss-reactive ketones (excluding diaryl/α,β-unsaturated/α-hetero) is 1. The van der Waals surface area contributed by atoms with Crippen LogP contribution in [0.1, 0.15) is 71.1 Å². The quantitative estimate of drug-likeness (QED) is 0.836. The standard InChI is InChI=1S/C17H29NO/c1-14-9-11-17(13-18,12-10-14)16(19)15-7-5-3-2-4-6-8-15/h7,14H,2-6,8-13,18H2,1H3. The van der Waals surface area contributed by atoms with E-state index in [1.807, 2.05) is 0 Å². The topological polar surface area (TPSA) is 43.1 Å². The fourth-order valence-corrected chi connectivity index (χ4v) is 3.58. The van der Waals surface area contributed by atoms with Gasteiger partial charge in [-0.15, -0.1) is 0 Å². The Bertz CT molecular complexity index is 337. The molecule has 0 bridgehead atoms. The van der Waals surface area contributed by atoms with Crippen LogP contribution in [-0.4, -0.2) is 12.3 Å². The average molecular weight is 263 g/mol. The van der Waals surface area contributed by atoms with E-state index in [0.29, 0.717) is 12.3 Å². The van der Waals surface area contributed by atoms with Gasteiger partial charge < -0.3 is 5.73 Å². The summed E-state index contributed by atoms with van der Waals surface area (Å²) in [5.41, 5.74) is 6.89. The highest BCUT2D eigenvalue weighted by Crippen LogP contribution is 2.41. The van der Waals surface area contributed by atoms with Crippen molar-refractivity contribution in [2.24, 2.45) is 17.1 Å². The maximum Gasteiger partial charge on any atom is 0.165 e. The van der Waals surface area contributed by atoms with Gasteiger partial charge in [-0.3, -0.25) is 4.79 Å². The van der Waals surface area contributed by atoms with Crippen molar-refractivity contribution in [2.75, 3.05) is 6.54 Å². The summed E-state index contributed by atoms with van der Waals surface area (Å²) in [4.78, 5) is 12.9. The molecule has 2 rings (SSSR count). The number of carbonyl (C=O) groups is 1. The van der Waals surface area contributed by atoms with Crippen molar-refractivity contribution in [2.45, 2.75) is 71.1 Å². The van der Waals surface area contributed by atoms with Gasteiger partial charge in [0.15, 0.2) is 5.78 Å². The predicted octanol–water partition coefficient (Wildman–Crippen LogP) is 3.99. The Kier molecular flexibility index (Phi) is 5.20. The first-order valence-electron chi connectivity index (χ1n) is 8.12. The number of carbonyl (C=O) groups excluding carboxylic acids is 1. The summed E-state index contributed by atoms with van der Waals surface area (Å²) in [6.45, 7) is 2.83.